The molecule has 0 aromatic heterocycles. The maximum atomic E-state index is 12.8. The van der Waals surface area contributed by atoms with Gasteiger partial charge in [-0.25, -0.2) is 0 Å². The van der Waals surface area contributed by atoms with Crippen LogP contribution in [-0.2, 0) is 28.6 Å². The van der Waals surface area contributed by atoms with Gasteiger partial charge in [0.15, 0.2) is 6.10 Å². The minimum absolute atomic E-state index is 0.100. The van der Waals surface area contributed by atoms with E-state index in [1.165, 1.54) is 89.9 Å². The molecule has 0 aromatic carbocycles. The molecular formula is C58H96O6. The van der Waals surface area contributed by atoms with Crippen molar-refractivity contribution in [3.63, 3.8) is 0 Å². The van der Waals surface area contributed by atoms with Crippen LogP contribution < -0.4 is 0 Å². The first-order valence-electron chi connectivity index (χ1n) is 26.3. The van der Waals surface area contributed by atoms with Crippen molar-refractivity contribution in [2.75, 3.05) is 13.2 Å². The van der Waals surface area contributed by atoms with Gasteiger partial charge in [0, 0.05) is 19.3 Å². The first kappa shape index (κ1) is 60.3. The van der Waals surface area contributed by atoms with E-state index in [2.05, 4.69) is 81.5 Å². The minimum Gasteiger partial charge on any atom is -0.462 e. The first-order chi connectivity index (χ1) is 31.5. The zero-order valence-corrected chi connectivity index (χ0v) is 41.5. The van der Waals surface area contributed by atoms with Crippen LogP contribution in [0.5, 0.6) is 0 Å². The number of unbranched alkanes of at least 4 members (excludes halogenated alkanes) is 22. The second-order valence-corrected chi connectivity index (χ2v) is 17.1. The third-order valence-corrected chi connectivity index (χ3v) is 10.9. The second-order valence-electron chi connectivity index (χ2n) is 17.1. The van der Waals surface area contributed by atoms with Gasteiger partial charge in [-0.05, 0) is 96.3 Å². The van der Waals surface area contributed by atoms with Crippen LogP contribution in [-0.4, -0.2) is 37.2 Å². The molecule has 0 aliphatic rings. The summed E-state index contributed by atoms with van der Waals surface area (Å²) in [7, 11) is 0. The molecule has 364 valence electrons. The molecule has 0 radical (unpaired) electrons. The Bertz CT molecular complexity index is 1300. The van der Waals surface area contributed by atoms with E-state index in [1.807, 2.05) is 36.5 Å². The molecule has 0 fully saturated rings. The normalized spacial score (nSPS) is 12.9. The zero-order chi connectivity index (χ0) is 46.5. The largest absolute Gasteiger partial charge is 0.462 e. The summed E-state index contributed by atoms with van der Waals surface area (Å²) >= 11 is 0. The average Bonchev–Trinajstić information content (AvgIpc) is 3.29. The van der Waals surface area contributed by atoms with Gasteiger partial charge in [-0.1, -0.05) is 214 Å². The summed E-state index contributed by atoms with van der Waals surface area (Å²) in [5.41, 5.74) is 0. The molecule has 6 heteroatoms. The van der Waals surface area contributed by atoms with Gasteiger partial charge in [0.2, 0.25) is 0 Å². The van der Waals surface area contributed by atoms with Crippen LogP contribution in [0.3, 0.4) is 0 Å². The fraction of sp³-hybridized carbons (Fsp3) is 0.672. The number of allylic oxidation sites excluding steroid dienone is 16. The molecule has 0 amide bonds. The standard InChI is InChI=1S/C58H96O6/c1-4-7-10-13-16-19-22-25-27-28-29-30-31-34-36-39-42-45-48-51-57(60)63-54-55(53-62-56(59)50-47-44-41-38-35-32-24-21-18-15-12-9-6-3)64-58(61)52-49-46-43-40-37-33-26-23-20-17-14-11-8-5-2/h7,9-10,12,15-16,18-19,21,24-25,27,32-33,35,37,55H,4-6,8,11,13-14,17,20,22-23,26,28-31,34,36,38-54H2,1-3H3/b10-7-,12-9-,18-15-,19-16-,24-21-,27-25-,35-32-,37-33-. The molecule has 0 heterocycles. The van der Waals surface area contributed by atoms with Crippen LogP contribution in [0.4, 0.5) is 0 Å². The van der Waals surface area contributed by atoms with E-state index in [1.54, 1.807) is 0 Å². The number of hydrogen-bond donors (Lipinski definition) is 0. The van der Waals surface area contributed by atoms with Crippen molar-refractivity contribution in [3.8, 4) is 0 Å². The lowest BCUT2D eigenvalue weighted by molar-refractivity contribution is -0.167. The molecule has 0 saturated heterocycles. The quantitative estimate of drug-likeness (QED) is 0.0199. The number of carbonyl (C=O) groups is 3. The Morgan fingerprint density at radius 1 is 0.344 bits per heavy atom. The molecule has 0 aromatic rings. The van der Waals surface area contributed by atoms with E-state index in [4.69, 9.17) is 14.2 Å². The number of ether oxygens (including phenoxy) is 3. The Balaban J connectivity index is 4.43. The maximum absolute atomic E-state index is 12.8. The van der Waals surface area contributed by atoms with Crippen LogP contribution in [0.25, 0.3) is 0 Å². The van der Waals surface area contributed by atoms with E-state index in [-0.39, 0.29) is 31.1 Å². The maximum Gasteiger partial charge on any atom is 0.306 e. The lowest BCUT2D eigenvalue weighted by Gasteiger charge is -2.18. The van der Waals surface area contributed by atoms with Crippen molar-refractivity contribution >= 4 is 17.9 Å². The fourth-order valence-electron chi connectivity index (χ4n) is 6.99. The SMILES string of the molecule is CC\C=C/C=C\C=C/C=C\CCCCCC(=O)OCC(COC(=O)CCCCCCCCCCC/C=C\C/C=C\C/C=C\CC)OC(=O)CCCCC/C=C\CCCCCCCCC. The summed E-state index contributed by atoms with van der Waals surface area (Å²) in [6, 6.07) is 0. The summed E-state index contributed by atoms with van der Waals surface area (Å²) in [4.78, 5) is 38.0. The minimum atomic E-state index is -0.804. The van der Waals surface area contributed by atoms with Crippen molar-refractivity contribution in [2.24, 2.45) is 0 Å². The number of hydrogen-bond acceptors (Lipinski definition) is 6. The highest BCUT2D eigenvalue weighted by Crippen LogP contribution is 2.14. The Hall–Kier alpha value is -3.67. The van der Waals surface area contributed by atoms with Crippen molar-refractivity contribution < 1.29 is 28.6 Å². The van der Waals surface area contributed by atoms with Gasteiger partial charge >= 0.3 is 17.9 Å². The van der Waals surface area contributed by atoms with Crippen molar-refractivity contribution in [3.05, 3.63) is 97.2 Å². The Morgan fingerprint density at radius 3 is 1.17 bits per heavy atom. The molecule has 0 bridgehead atoms. The van der Waals surface area contributed by atoms with Crippen LogP contribution in [0, 0.1) is 0 Å². The molecule has 6 nitrogen and oxygen atoms in total. The van der Waals surface area contributed by atoms with E-state index < -0.39 is 6.10 Å². The molecule has 1 atom stereocenters. The van der Waals surface area contributed by atoms with Crippen molar-refractivity contribution in [1.29, 1.82) is 0 Å². The van der Waals surface area contributed by atoms with Crippen LogP contribution in [0.1, 0.15) is 233 Å². The van der Waals surface area contributed by atoms with Crippen LogP contribution in [0.15, 0.2) is 97.2 Å². The molecule has 64 heavy (non-hydrogen) atoms. The predicted octanol–water partition coefficient (Wildman–Crippen LogP) is 17.4. The van der Waals surface area contributed by atoms with Gasteiger partial charge < -0.3 is 14.2 Å². The van der Waals surface area contributed by atoms with Gasteiger partial charge in [0.05, 0.1) is 0 Å². The summed E-state index contributed by atoms with van der Waals surface area (Å²) < 4.78 is 16.8. The van der Waals surface area contributed by atoms with Gasteiger partial charge in [0.25, 0.3) is 0 Å². The van der Waals surface area contributed by atoms with Gasteiger partial charge in [-0.15, -0.1) is 0 Å². The van der Waals surface area contributed by atoms with Gasteiger partial charge in [-0.2, -0.15) is 0 Å². The summed E-state index contributed by atoms with van der Waals surface area (Å²) in [6.45, 7) is 6.33. The number of esters is 3. The summed E-state index contributed by atoms with van der Waals surface area (Å²) in [6.07, 6.45) is 68.2. The summed E-state index contributed by atoms with van der Waals surface area (Å²) in [5, 5.41) is 0. The monoisotopic (exact) mass is 889 g/mol. The van der Waals surface area contributed by atoms with E-state index in [0.717, 1.165) is 103 Å². The Kier molecular flexibility index (Phi) is 49.0. The van der Waals surface area contributed by atoms with Gasteiger partial charge in [-0.3, -0.25) is 14.4 Å². The van der Waals surface area contributed by atoms with Gasteiger partial charge in [0.1, 0.15) is 13.2 Å². The lowest BCUT2D eigenvalue weighted by Crippen LogP contribution is -2.30. The average molecular weight is 889 g/mol. The highest BCUT2D eigenvalue weighted by Gasteiger charge is 2.19. The van der Waals surface area contributed by atoms with E-state index >= 15 is 0 Å². The summed E-state index contributed by atoms with van der Waals surface area (Å²) in [5.74, 6) is -0.964. The second kappa shape index (κ2) is 52.0. The molecule has 0 N–H and O–H groups in total. The molecule has 1 unspecified atom stereocenters. The highest BCUT2D eigenvalue weighted by atomic mass is 16.6. The fourth-order valence-corrected chi connectivity index (χ4v) is 6.99. The molecule has 0 aliphatic carbocycles. The topological polar surface area (TPSA) is 78.9 Å². The lowest BCUT2D eigenvalue weighted by atomic mass is 10.1. The zero-order valence-electron chi connectivity index (χ0n) is 41.5. The molecular weight excluding hydrogens is 793 g/mol. The molecule has 0 rings (SSSR count). The number of rotatable bonds is 46. The highest BCUT2D eigenvalue weighted by molar-refractivity contribution is 5.71. The van der Waals surface area contributed by atoms with Crippen LogP contribution >= 0.6 is 0 Å². The number of carbonyl (C=O) groups excluding carboxylic acids is 3. The third-order valence-electron chi connectivity index (χ3n) is 10.9. The molecule has 0 saturated carbocycles. The van der Waals surface area contributed by atoms with Crippen molar-refractivity contribution in [1.82, 2.24) is 0 Å². The predicted molar refractivity (Wildman–Crippen MR) is 274 cm³/mol. The van der Waals surface area contributed by atoms with E-state index in [9.17, 15) is 14.4 Å². The Morgan fingerprint density at radius 2 is 0.688 bits per heavy atom. The molecule has 0 spiro atoms. The third kappa shape index (κ3) is 49.3. The van der Waals surface area contributed by atoms with E-state index in [0.29, 0.717) is 19.3 Å². The smallest absolute Gasteiger partial charge is 0.306 e. The molecule has 0 aliphatic heterocycles. The van der Waals surface area contributed by atoms with Crippen molar-refractivity contribution in [2.45, 2.75) is 239 Å². The first-order valence-corrected chi connectivity index (χ1v) is 26.3. The Labute approximate surface area is 394 Å². The van der Waals surface area contributed by atoms with Crippen LogP contribution in [0.2, 0.25) is 0 Å².